The van der Waals surface area contributed by atoms with Crippen LogP contribution in [0.1, 0.15) is 17.0 Å². The number of aryl methyl sites for hydroxylation is 1. The predicted molar refractivity (Wildman–Crippen MR) is 76.3 cm³/mol. The zero-order chi connectivity index (χ0) is 15.6. The molecule has 0 aromatic heterocycles. The molecule has 6 heteroatoms. The summed E-state index contributed by atoms with van der Waals surface area (Å²) in [4.78, 5) is 4.23. The van der Waals surface area contributed by atoms with Gasteiger partial charge < -0.3 is 15.2 Å². The molecule has 1 aromatic rings. The van der Waals surface area contributed by atoms with Gasteiger partial charge in [0.15, 0.2) is 5.41 Å². The Bertz CT molecular complexity index is 767. The van der Waals surface area contributed by atoms with Crippen LogP contribution in [0.25, 0.3) is 0 Å². The number of amidine groups is 1. The summed E-state index contributed by atoms with van der Waals surface area (Å²) in [5, 5.41) is 19.7. The molecular formula is C16H14N4O2. The van der Waals surface area contributed by atoms with Gasteiger partial charge in [-0.25, -0.2) is 4.99 Å². The van der Waals surface area contributed by atoms with Gasteiger partial charge in [0, 0.05) is 5.92 Å². The standard InChI is InChI=1S/C16H14N4O2/c1-10-2-4-11(5-3-10)12-14(8-17)13(19)20-16(15(12,14)9-18)21-6-7-22-16/h2-5,12H,6-7H2,1H3,(H2,19,20)/t12-,14-,15-/m1/s1. The van der Waals surface area contributed by atoms with Crippen molar-refractivity contribution < 1.29 is 9.47 Å². The number of nitrogens with zero attached hydrogens (tertiary/aromatic N) is 3. The van der Waals surface area contributed by atoms with Gasteiger partial charge in [-0.1, -0.05) is 29.8 Å². The summed E-state index contributed by atoms with van der Waals surface area (Å²) in [6, 6.07) is 12.3. The van der Waals surface area contributed by atoms with Gasteiger partial charge in [0.25, 0.3) is 5.91 Å². The van der Waals surface area contributed by atoms with Crippen LogP contribution in [0.5, 0.6) is 0 Å². The topological polar surface area (TPSA) is 104 Å². The first kappa shape index (κ1) is 13.3. The van der Waals surface area contributed by atoms with Gasteiger partial charge in [0.1, 0.15) is 11.3 Å². The highest BCUT2D eigenvalue weighted by molar-refractivity contribution is 6.00. The smallest absolute Gasteiger partial charge is 0.293 e. The Morgan fingerprint density at radius 1 is 1.18 bits per heavy atom. The molecule has 110 valence electrons. The monoisotopic (exact) mass is 294 g/mol. The first-order valence-electron chi connectivity index (χ1n) is 7.11. The van der Waals surface area contributed by atoms with Crippen LogP contribution in [0.3, 0.4) is 0 Å². The molecule has 1 aliphatic carbocycles. The lowest BCUT2D eigenvalue weighted by Gasteiger charge is -2.25. The maximum absolute atomic E-state index is 9.90. The average Bonchev–Trinajstić information content (AvgIpc) is 2.77. The van der Waals surface area contributed by atoms with E-state index in [9.17, 15) is 10.5 Å². The Balaban J connectivity index is 1.92. The number of hydrogen-bond acceptors (Lipinski definition) is 6. The molecule has 3 atom stereocenters. The van der Waals surface area contributed by atoms with Crippen LogP contribution in [0.2, 0.25) is 0 Å². The van der Waals surface area contributed by atoms with Crippen molar-refractivity contribution in [3.05, 3.63) is 35.4 Å². The summed E-state index contributed by atoms with van der Waals surface area (Å²) in [5.74, 6) is -1.72. The summed E-state index contributed by atoms with van der Waals surface area (Å²) >= 11 is 0. The first-order valence-corrected chi connectivity index (χ1v) is 7.11. The average molecular weight is 294 g/mol. The van der Waals surface area contributed by atoms with E-state index in [0.717, 1.165) is 11.1 Å². The lowest BCUT2D eigenvalue weighted by molar-refractivity contribution is -0.184. The first-order chi connectivity index (χ1) is 10.6. The molecule has 0 radical (unpaired) electrons. The number of nitrogens with two attached hydrogens (primary N) is 1. The molecule has 6 nitrogen and oxygen atoms in total. The van der Waals surface area contributed by atoms with Crippen LogP contribution in [0.15, 0.2) is 29.3 Å². The number of benzene rings is 1. The maximum Gasteiger partial charge on any atom is 0.293 e. The molecular weight excluding hydrogens is 280 g/mol. The molecule has 1 aromatic carbocycles. The molecule has 1 saturated carbocycles. The van der Waals surface area contributed by atoms with Gasteiger partial charge in [0.05, 0.1) is 25.4 Å². The van der Waals surface area contributed by atoms with E-state index in [0.29, 0.717) is 13.2 Å². The summed E-state index contributed by atoms with van der Waals surface area (Å²) in [5.41, 5.74) is 5.65. The quantitative estimate of drug-likeness (QED) is 0.837. The summed E-state index contributed by atoms with van der Waals surface area (Å²) in [6.45, 7) is 2.66. The van der Waals surface area contributed by atoms with Crippen molar-refractivity contribution in [2.24, 2.45) is 21.6 Å². The van der Waals surface area contributed by atoms with Gasteiger partial charge >= 0.3 is 0 Å². The van der Waals surface area contributed by atoms with E-state index < -0.39 is 22.7 Å². The second-order valence-electron chi connectivity index (χ2n) is 5.96. The van der Waals surface area contributed by atoms with Crippen molar-refractivity contribution in [1.29, 1.82) is 10.5 Å². The highest BCUT2D eigenvalue weighted by atomic mass is 16.8. The second kappa shape index (κ2) is 3.86. The van der Waals surface area contributed by atoms with Gasteiger partial charge in [-0.15, -0.1) is 0 Å². The van der Waals surface area contributed by atoms with Gasteiger partial charge in [-0.2, -0.15) is 10.5 Å². The normalized spacial score (nSPS) is 37.2. The van der Waals surface area contributed by atoms with Crippen molar-refractivity contribution in [2.45, 2.75) is 18.8 Å². The summed E-state index contributed by atoms with van der Waals surface area (Å²) in [6.07, 6.45) is 0. The van der Waals surface area contributed by atoms with Gasteiger partial charge in [0.2, 0.25) is 0 Å². The Morgan fingerprint density at radius 3 is 2.36 bits per heavy atom. The molecule has 4 rings (SSSR count). The number of rotatable bonds is 1. The van der Waals surface area contributed by atoms with Gasteiger partial charge in [-0.3, -0.25) is 0 Å². The highest BCUT2D eigenvalue weighted by Gasteiger charge is 2.94. The third kappa shape index (κ3) is 1.13. The van der Waals surface area contributed by atoms with E-state index in [1.54, 1.807) is 0 Å². The van der Waals surface area contributed by atoms with E-state index in [1.807, 2.05) is 31.2 Å². The molecule has 0 amide bonds. The number of ether oxygens (including phenoxy) is 2. The lowest BCUT2D eigenvalue weighted by atomic mass is 9.94. The van der Waals surface area contributed by atoms with Crippen LogP contribution in [-0.4, -0.2) is 25.0 Å². The summed E-state index contributed by atoms with van der Waals surface area (Å²) in [7, 11) is 0. The van der Waals surface area contributed by atoms with Crippen molar-refractivity contribution in [3.8, 4) is 12.1 Å². The van der Waals surface area contributed by atoms with Crippen molar-refractivity contribution in [3.63, 3.8) is 0 Å². The minimum Gasteiger partial charge on any atom is -0.386 e. The van der Waals surface area contributed by atoms with Crippen LogP contribution in [-0.2, 0) is 9.47 Å². The van der Waals surface area contributed by atoms with E-state index in [-0.39, 0.29) is 5.84 Å². The highest BCUT2D eigenvalue weighted by Crippen LogP contribution is 2.82. The molecule has 22 heavy (non-hydrogen) atoms. The molecule has 1 saturated heterocycles. The van der Waals surface area contributed by atoms with E-state index in [2.05, 4.69) is 17.1 Å². The Morgan fingerprint density at radius 2 is 1.82 bits per heavy atom. The molecule has 2 aliphatic heterocycles. The number of nitriles is 2. The SMILES string of the molecule is Cc1ccc([C@@H]2[C@]3(C#N)C(N)=NC4(OCCO4)[C@]23C#N)cc1. The van der Waals surface area contributed by atoms with Crippen molar-refractivity contribution in [1.82, 2.24) is 0 Å². The molecule has 3 aliphatic rings. The molecule has 0 bridgehead atoms. The lowest BCUT2D eigenvalue weighted by Crippen LogP contribution is -2.38. The third-order valence-corrected chi connectivity index (χ3v) is 5.02. The van der Waals surface area contributed by atoms with Crippen LogP contribution in [0.4, 0.5) is 0 Å². The van der Waals surface area contributed by atoms with Crippen molar-refractivity contribution >= 4 is 5.84 Å². The Labute approximate surface area is 127 Å². The van der Waals surface area contributed by atoms with Crippen molar-refractivity contribution in [2.75, 3.05) is 13.2 Å². The number of aliphatic imine (C=N–C) groups is 1. The fraction of sp³-hybridized carbons (Fsp3) is 0.438. The van der Waals surface area contributed by atoms with Gasteiger partial charge in [-0.05, 0) is 12.5 Å². The zero-order valence-electron chi connectivity index (χ0n) is 12.0. The number of fused-ring (bicyclic) bond motifs is 2. The second-order valence-corrected chi connectivity index (χ2v) is 5.96. The minimum absolute atomic E-state index is 0.129. The van der Waals surface area contributed by atoms with Crippen LogP contribution in [0, 0.1) is 40.4 Å². The fourth-order valence-electron chi connectivity index (χ4n) is 3.98. The maximum atomic E-state index is 9.90. The Kier molecular flexibility index (Phi) is 2.33. The van der Waals surface area contributed by atoms with E-state index >= 15 is 0 Å². The molecule has 0 unspecified atom stereocenters. The fourth-order valence-corrected chi connectivity index (χ4v) is 3.98. The third-order valence-electron chi connectivity index (χ3n) is 5.02. The van der Waals surface area contributed by atoms with E-state index in [1.165, 1.54) is 0 Å². The van der Waals surface area contributed by atoms with Crippen LogP contribution >= 0.6 is 0 Å². The van der Waals surface area contributed by atoms with Crippen LogP contribution < -0.4 is 5.73 Å². The molecule has 2 fully saturated rings. The molecule has 2 heterocycles. The predicted octanol–water partition coefficient (Wildman–Crippen LogP) is 1.18. The largest absolute Gasteiger partial charge is 0.386 e. The summed E-state index contributed by atoms with van der Waals surface area (Å²) < 4.78 is 11.3. The minimum atomic E-state index is -1.45. The zero-order valence-corrected chi connectivity index (χ0v) is 12.0. The van der Waals surface area contributed by atoms with E-state index in [4.69, 9.17) is 15.2 Å². The molecule has 2 N–H and O–H groups in total. The Hall–Kier alpha value is -2.41. The molecule has 1 spiro atoms. The number of hydrogen-bond donors (Lipinski definition) is 1.